The van der Waals surface area contributed by atoms with Crippen molar-refractivity contribution in [2.24, 2.45) is 0 Å². The van der Waals surface area contributed by atoms with Gasteiger partial charge in [0.2, 0.25) is 0 Å². The van der Waals surface area contributed by atoms with Crippen molar-refractivity contribution in [1.82, 2.24) is 0 Å². The molecule has 3 aromatic rings. The zero-order valence-electron chi connectivity index (χ0n) is 16.0. The van der Waals surface area contributed by atoms with Crippen LogP contribution in [0.3, 0.4) is 0 Å². The molecule has 0 bridgehead atoms. The van der Waals surface area contributed by atoms with E-state index in [1.807, 2.05) is 54.6 Å². The van der Waals surface area contributed by atoms with E-state index in [4.69, 9.17) is 32.7 Å². The van der Waals surface area contributed by atoms with E-state index in [2.05, 4.69) is 5.73 Å². The molecule has 0 aliphatic carbocycles. The quantitative estimate of drug-likeness (QED) is 0.545. The molecule has 150 valence electrons. The summed E-state index contributed by atoms with van der Waals surface area (Å²) in [5, 5.41) is 1.24. The Bertz CT molecular complexity index is 1010. The number of benzene rings is 3. The maximum Gasteiger partial charge on any atom is 0.191 e. The van der Waals surface area contributed by atoms with Gasteiger partial charge in [0.25, 0.3) is 0 Å². The average Bonchev–Trinajstić information content (AvgIpc) is 2.72. The van der Waals surface area contributed by atoms with Gasteiger partial charge in [-0.05, 0) is 24.3 Å². The Balaban J connectivity index is 1.90. The maximum absolute atomic E-state index is 12.0. The third-order valence-corrected chi connectivity index (χ3v) is 5.28. The van der Waals surface area contributed by atoms with Gasteiger partial charge < -0.3 is 15.2 Å². The van der Waals surface area contributed by atoms with Crippen molar-refractivity contribution in [3.63, 3.8) is 0 Å². The highest BCUT2D eigenvalue weighted by Crippen LogP contribution is 2.36. The summed E-state index contributed by atoms with van der Waals surface area (Å²) < 4.78 is 12.1. The second kappa shape index (κ2) is 9.79. The van der Waals surface area contributed by atoms with Crippen molar-refractivity contribution in [2.45, 2.75) is 26.2 Å². The van der Waals surface area contributed by atoms with Crippen LogP contribution in [0.4, 0.5) is 0 Å². The Morgan fingerprint density at radius 1 is 0.862 bits per heavy atom. The fourth-order valence-corrected chi connectivity index (χ4v) is 3.21. The molecule has 0 fully saturated rings. The van der Waals surface area contributed by atoms with Gasteiger partial charge in [0.05, 0.1) is 5.56 Å². The molecule has 0 aromatic heterocycles. The van der Waals surface area contributed by atoms with Crippen LogP contribution >= 0.6 is 23.2 Å². The number of rotatable bonds is 8. The van der Waals surface area contributed by atoms with E-state index in [-0.39, 0.29) is 19.0 Å². The lowest BCUT2D eigenvalue weighted by atomic mass is 10.0. The van der Waals surface area contributed by atoms with E-state index >= 15 is 0 Å². The fourth-order valence-electron chi connectivity index (χ4n) is 2.83. The summed E-state index contributed by atoms with van der Waals surface area (Å²) in [5.74, 6) is 0.940. The summed E-state index contributed by atoms with van der Waals surface area (Å²) in [6.07, 6.45) is 0. The number of ketones is 1. The summed E-state index contributed by atoms with van der Waals surface area (Å²) in [7, 11) is 0. The molecule has 1 unspecified atom stereocenters. The highest BCUT2D eigenvalue weighted by molar-refractivity contribution is 6.31. The van der Waals surface area contributed by atoms with Gasteiger partial charge in [0, 0.05) is 28.1 Å². The molecular formula is C23H22Cl2NO3+. The number of Topliss-reactive ketones (excluding diaryl/α,β-unsaturated/α-hetero) is 1. The second-order valence-corrected chi connectivity index (χ2v) is 7.41. The molecule has 4 nitrogen and oxygen atoms in total. The smallest absolute Gasteiger partial charge is 0.191 e. The van der Waals surface area contributed by atoms with Crippen LogP contribution in [0.15, 0.2) is 66.7 Å². The largest absolute Gasteiger partial charge is 0.485 e. The highest BCUT2D eigenvalue weighted by atomic mass is 35.5. The third-order valence-electron chi connectivity index (χ3n) is 4.55. The van der Waals surface area contributed by atoms with Gasteiger partial charge in [-0.25, -0.2) is 0 Å². The minimum atomic E-state index is -0.569. The summed E-state index contributed by atoms with van der Waals surface area (Å²) in [6.45, 7) is 2.02. The molecule has 0 amide bonds. The molecule has 6 heteroatoms. The number of halogens is 2. The standard InChI is InChI=1S/C23H21Cl2NO3/c1-15(27)22(26)18-9-6-12-21(28-13-16-7-2-4-10-19(16)24)23(18)29-14-17-8-3-5-11-20(17)25/h2-12,22H,13-14,26H2,1H3/p+1. The maximum atomic E-state index is 12.0. The van der Waals surface area contributed by atoms with E-state index in [1.165, 1.54) is 6.92 Å². The molecule has 1 atom stereocenters. The van der Waals surface area contributed by atoms with Crippen LogP contribution in [0.25, 0.3) is 0 Å². The SMILES string of the molecule is CC(=O)C([NH3+])c1cccc(OCc2ccccc2Cl)c1OCc1ccccc1Cl. The summed E-state index contributed by atoms with van der Waals surface area (Å²) in [5.41, 5.74) is 6.34. The monoisotopic (exact) mass is 430 g/mol. The van der Waals surface area contributed by atoms with Crippen LogP contribution in [0.2, 0.25) is 10.0 Å². The number of para-hydroxylation sites is 1. The Morgan fingerprint density at radius 3 is 1.97 bits per heavy atom. The predicted octanol–water partition coefficient (Wildman–Crippen LogP) is 5.02. The number of hydrogen-bond donors (Lipinski definition) is 1. The number of ether oxygens (including phenoxy) is 2. The molecule has 0 saturated heterocycles. The van der Waals surface area contributed by atoms with Crippen molar-refractivity contribution in [1.29, 1.82) is 0 Å². The molecular weight excluding hydrogens is 409 g/mol. The number of carbonyl (C=O) groups is 1. The average molecular weight is 431 g/mol. The number of quaternary nitrogens is 1. The van der Waals surface area contributed by atoms with Crippen molar-refractivity contribution < 1.29 is 20.0 Å². The molecule has 0 radical (unpaired) electrons. The van der Waals surface area contributed by atoms with E-state index in [9.17, 15) is 4.79 Å². The first-order valence-electron chi connectivity index (χ1n) is 9.16. The Labute approximate surface area is 180 Å². The molecule has 0 aliphatic rings. The lowest BCUT2D eigenvalue weighted by molar-refractivity contribution is -0.409. The van der Waals surface area contributed by atoms with E-state index in [0.29, 0.717) is 27.1 Å². The predicted molar refractivity (Wildman–Crippen MR) is 114 cm³/mol. The van der Waals surface area contributed by atoms with Gasteiger partial charge in [0.15, 0.2) is 23.3 Å². The van der Waals surface area contributed by atoms with E-state index in [1.54, 1.807) is 12.1 Å². The van der Waals surface area contributed by atoms with Gasteiger partial charge in [0.1, 0.15) is 13.2 Å². The normalized spacial score (nSPS) is 11.7. The van der Waals surface area contributed by atoms with Gasteiger partial charge >= 0.3 is 0 Å². The van der Waals surface area contributed by atoms with E-state index < -0.39 is 6.04 Å². The van der Waals surface area contributed by atoms with Crippen LogP contribution in [0, 0.1) is 0 Å². The summed E-state index contributed by atoms with van der Waals surface area (Å²) in [4.78, 5) is 12.0. The summed E-state index contributed by atoms with van der Waals surface area (Å²) in [6, 6.07) is 19.8. The zero-order chi connectivity index (χ0) is 20.8. The summed E-state index contributed by atoms with van der Waals surface area (Å²) >= 11 is 12.5. The first-order valence-corrected chi connectivity index (χ1v) is 9.92. The van der Waals surface area contributed by atoms with E-state index in [0.717, 1.165) is 11.1 Å². The molecule has 0 aliphatic heterocycles. The van der Waals surface area contributed by atoms with Gasteiger partial charge in [-0.3, -0.25) is 4.79 Å². The van der Waals surface area contributed by atoms with Crippen molar-refractivity contribution >= 4 is 29.0 Å². The molecule has 3 aromatic carbocycles. The second-order valence-electron chi connectivity index (χ2n) is 6.60. The lowest BCUT2D eigenvalue weighted by Gasteiger charge is -2.18. The molecule has 3 N–H and O–H groups in total. The topological polar surface area (TPSA) is 63.2 Å². The first-order chi connectivity index (χ1) is 14.0. The van der Waals surface area contributed by atoms with Crippen molar-refractivity contribution in [2.75, 3.05) is 0 Å². The number of hydrogen-bond acceptors (Lipinski definition) is 3. The molecule has 3 rings (SSSR count). The van der Waals surface area contributed by atoms with Crippen LogP contribution in [-0.2, 0) is 18.0 Å². The molecule has 0 spiro atoms. The zero-order valence-corrected chi connectivity index (χ0v) is 17.5. The van der Waals surface area contributed by atoms with Crippen LogP contribution in [0.1, 0.15) is 29.7 Å². The van der Waals surface area contributed by atoms with Crippen LogP contribution in [0.5, 0.6) is 11.5 Å². The van der Waals surface area contributed by atoms with Crippen LogP contribution < -0.4 is 15.2 Å². The Hall–Kier alpha value is -2.53. The molecule has 29 heavy (non-hydrogen) atoms. The lowest BCUT2D eigenvalue weighted by Crippen LogP contribution is -2.56. The van der Waals surface area contributed by atoms with Gasteiger partial charge in [-0.2, -0.15) is 0 Å². The van der Waals surface area contributed by atoms with Gasteiger partial charge in [-0.15, -0.1) is 0 Å². The first kappa shape index (κ1) is 21.2. The van der Waals surface area contributed by atoms with Crippen molar-refractivity contribution in [3.05, 3.63) is 93.5 Å². The number of carbonyl (C=O) groups excluding carboxylic acids is 1. The molecule has 0 saturated carbocycles. The Morgan fingerprint density at radius 2 is 1.41 bits per heavy atom. The Kier molecular flexibility index (Phi) is 7.15. The van der Waals surface area contributed by atoms with Crippen molar-refractivity contribution in [3.8, 4) is 11.5 Å². The fraction of sp³-hybridized carbons (Fsp3) is 0.174. The molecule has 0 heterocycles. The highest BCUT2D eigenvalue weighted by Gasteiger charge is 2.23. The third kappa shape index (κ3) is 5.30. The minimum absolute atomic E-state index is 0.0594. The van der Waals surface area contributed by atoms with Gasteiger partial charge in [-0.1, -0.05) is 65.7 Å². The minimum Gasteiger partial charge on any atom is -0.485 e. The van der Waals surface area contributed by atoms with Crippen LogP contribution in [-0.4, -0.2) is 5.78 Å².